The molecule has 2 heterocycles. The molecule has 1 aliphatic heterocycles. The summed E-state index contributed by atoms with van der Waals surface area (Å²) in [6.45, 7) is 3.39. The summed E-state index contributed by atoms with van der Waals surface area (Å²) < 4.78 is 5.94. The van der Waals surface area contributed by atoms with E-state index < -0.39 is 0 Å². The van der Waals surface area contributed by atoms with Crippen molar-refractivity contribution in [3.05, 3.63) is 59.9 Å². The lowest BCUT2D eigenvalue weighted by Crippen LogP contribution is -2.50. The van der Waals surface area contributed by atoms with Crippen molar-refractivity contribution in [2.45, 2.75) is 38.6 Å². The zero-order valence-electron chi connectivity index (χ0n) is 21.2. The molecule has 1 unspecified atom stereocenters. The van der Waals surface area contributed by atoms with Gasteiger partial charge in [0.25, 0.3) is 0 Å². The molecule has 1 aromatic heterocycles. The minimum absolute atomic E-state index is 0.0686. The molecule has 0 saturated heterocycles. The van der Waals surface area contributed by atoms with Gasteiger partial charge in [0.2, 0.25) is 17.7 Å². The Bertz CT molecular complexity index is 997. The van der Waals surface area contributed by atoms with Crippen molar-refractivity contribution < 1.29 is 19.1 Å². The topological polar surface area (TPSA) is 113 Å². The van der Waals surface area contributed by atoms with Crippen LogP contribution in [0.25, 0.3) is 0 Å². The Morgan fingerprint density at radius 1 is 1.00 bits per heavy atom. The highest BCUT2D eigenvalue weighted by molar-refractivity contribution is 5.89. The number of hydrogen-bond donors (Lipinski definition) is 3. The van der Waals surface area contributed by atoms with Crippen molar-refractivity contribution in [2.75, 3.05) is 39.8 Å². The molecule has 1 saturated carbocycles. The number of aromatic nitrogens is 1. The average molecular weight is 496 g/mol. The maximum atomic E-state index is 12.8. The lowest BCUT2D eigenvalue weighted by Gasteiger charge is -2.24. The number of benzene rings is 1. The lowest BCUT2D eigenvalue weighted by atomic mass is 10.1. The van der Waals surface area contributed by atoms with E-state index in [-0.39, 0.29) is 36.9 Å². The number of nitrogens with zero attached hydrogens (tertiary/aromatic N) is 2. The van der Waals surface area contributed by atoms with E-state index in [4.69, 9.17) is 4.74 Å². The molecule has 4 rings (SSSR count). The van der Waals surface area contributed by atoms with Gasteiger partial charge in [-0.25, -0.2) is 0 Å². The molecule has 1 aromatic carbocycles. The fraction of sp³-hybridized carbons (Fsp3) is 0.481. The number of carbonyl (C=O) groups excluding carboxylic acids is 3. The number of amides is 3. The Balaban J connectivity index is 0.000000444. The molecular formula is C27H37N5O4. The third-order valence-corrected chi connectivity index (χ3v) is 6.01. The predicted molar refractivity (Wildman–Crippen MR) is 137 cm³/mol. The molecule has 3 N–H and O–H groups in total. The summed E-state index contributed by atoms with van der Waals surface area (Å²) >= 11 is 0. The van der Waals surface area contributed by atoms with Crippen LogP contribution in [0.1, 0.15) is 30.4 Å². The first-order valence-electron chi connectivity index (χ1n) is 12.5. The van der Waals surface area contributed by atoms with Crippen LogP contribution in [-0.4, -0.2) is 73.5 Å². The summed E-state index contributed by atoms with van der Waals surface area (Å²) in [5, 5.41) is 8.69. The fourth-order valence-corrected chi connectivity index (χ4v) is 3.89. The number of carbonyl (C=O) groups is 3. The van der Waals surface area contributed by atoms with Crippen molar-refractivity contribution in [1.82, 2.24) is 25.8 Å². The van der Waals surface area contributed by atoms with Gasteiger partial charge < -0.3 is 25.6 Å². The van der Waals surface area contributed by atoms with Crippen molar-refractivity contribution in [3.63, 3.8) is 0 Å². The molecule has 1 aliphatic carbocycles. The minimum Gasteiger partial charge on any atom is -0.492 e. The molecule has 0 bridgehead atoms. The van der Waals surface area contributed by atoms with Crippen LogP contribution in [0, 0.1) is 12.8 Å². The average Bonchev–Trinajstić information content (AvgIpc) is 3.71. The van der Waals surface area contributed by atoms with Gasteiger partial charge in [0.05, 0.1) is 19.1 Å². The van der Waals surface area contributed by atoms with Crippen molar-refractivity contribution >= 4 is 17.7 Å². The van der Waals surface area contributed by atoms with E-state index >= 15 is 0 Å². The lowest BCUT2D eigenvalue weighted by molar-refractivity contribution is -0.137. The zero-order chi connectivity index (χ0) is 25.8. The monoisotopic (exact) mass is 495 g/mol. The Morgan fingerprint density at radius 2 is 1.81 bits per heavy atom. The number of para-hydroxylation sites is 1. The normalized spacial score (nSPS) is 20.3. The summed E-state index contributed by atoms with van der Waals surface area (Å²) in [5.74, 6) is 0.449. The third-order valence-electron chi connectivity index (χ3n) is 6.01. The van der Waals surface area contributed by atoms with Gasteiger partial charge >= 0.3 is 0 Å². The molecule has 9 nitrogen and oxygen atoms in total. The van der Waals surface area contributed by atoms with E-state index in [1.54, 1.807) is 13.2 Å². The van der Waals surface area contributed by atoms with Gasteiger partial charge in [-0.1, -0.05) is 24.3 Å². The highest BCUT2D eigenvalue weighted by Crippen LogP contribution is 2.33. The number of pyridine rings is 1. The number of rotatable bonds is 1. The second-order valence-corrected chi connectivity index (χ2v) is 9.18. The molecule has 2 aromatic rings. The van der Waals surface area contributed by atoms with Crippen LogP contribution in [0.15, 0.2) is 48.8 Å². The minimum atomic E-state index is -0.344. The third kappa shape index (κ3) is 9.30. The van der Waals surface area contributed by atoms with Crippen molar-refractivity contribution in [2.24, 2.45) is 5.92 Å². The smallest absolute Gasteiger partial charge is 0.240 e. The molecule has 1 atom stereocenters. The molecule has 3 amide bonds. The second kappa shape index (κ2) is 14.2. The van der Waals surface area contributed by atoms with E-state index in [0.29, 0.717) is 25.6 Å². The van der Waals surface area contributed by atoms with E-state index in [1.165, 1.54) is 10.5 Å². The highest BCUT2D eigenvalue weighted by atomic mass is 16.5. The zero-order valence-corrected chi connectivity index (χ0v) is 21.2. The molecular weight excluding hydrogens is 458 g/mol. The first kappa shape index (κ1) is 27.1. The maximum absolute atomic E-state index is 12.8. The van der Waals surface area contributed by atoms with Crippen LogP contribution in [0.3, 0.4) is 0 Å². The van der Waals surface area contributed by atoms with Gasteiger partial charge in [-0.3, -0.25) is 19.4 Å². The summed E-state index contributed by atoms with van der Waals surface area (Å²) in [6, 6.07) is 11.5. The van der Waals surface area contributed by atoms with Crippen molar-refractivity contribution in [3.8, 4) is 5.75 Å². The fourth-order valence-electron chi connectivity index (χ4n) is 3.89. The Labute approximate surface area is 213 Å². The number of fused-ring (bicyclic) bond motifs is 1. The van der Waals surface area contributed by atoms with Gasteiger partial charge in [0.15, 0.2) is 0 Å². The van der Waals surface area contributed by atoms with Crippen LogP contribution in [0.2, 0.25) is 0 Å². The Morgan fingerprint density at radius 3 is 2.50 bits per heavy atom. The first-order chi connectivity index (χ1) is 17.4. The quantitative estimate of drug-likeness (QED) is 0.552. The second-order valence-electron chi connectivity index (χ2n) is 9.18. The van der Waals surface area contributed by atoms with Crippen LogP contribution in [-0.2, 0) is 20.8 Å². The number of hydrogen-bond acceptors (Lipinski definition) is 6. The largest absolute Gasteiger partial charge is 0.492 e. The molecule has 2 aliphatic rings. The van der Waals surface area contributed by atoms with E-state index in [9.17, 15) is 14.4 Å². The van der Waals surface area contributed by atoms with Gasteiger partial charge in [-0.05, 0) is 61.8 Å². The number of nitrogens with one attached hydrogen (secondary N) is 3. The van der Waals surface area contributed by atoms with Crippen LogP contribution >= 0.6 is 0 Å². The first-order valence-corrected chi connectivity index (χ1v) is 12.5. The molecule has 36 heavy (non-hydrogen) atoms. The van der Waals surface area contributed by atoms with Gasteiger partial charge in [0, 0.05) is 32.5 Å². The number of ether oxygens (including phenoxy) is 1. The highest BCUT2D eigenvalue weighted by Gasteiger charge is 2.37. The van der Waals surface area contributed by atoms with Crippen LogP contribution in [0.4, 0.5) is 0 Å². The van der Waals surface area contributed by atoms with Crippen LogP contribution in [0.5, 0.6) is 5.75 Å². The molecule has 0 spiro atoms. The predicted octanol–water partition coefficient (Wildman–Crippen LogP) is 1.46. The van der Waals surface area contributed by atoms with Gasteiger partial charge in [0.1, 0.15) is 12.4 Å². The SMILES string of the molecule is CN1CC(=O)NCC(=O)NCCCc2ccccc2OCCNC(C2CC2)C1=O.Cc1cccnc1. The summed E-state index contributed by atoms with van der Waals surface area (Å²) in [6.07, 6.45) is 7.18. The maximum Gasteiger partial charge on any atom is 0.240 e. The summed E-state index contributed by atoms with van der Waals surface area (Å²) in [7, 11) is 1.62. The Kier molecular flexibility index (Phi) is 10.7. The van der Waals surface area contributed by atoms with E-state index in [2.05, 4.69) is 20.9 Å². The van der Waals surface area contributed by atoms with E-state index in [1.807, 2.05) is 49.5 Å². The molecule has 0 radical (unpaired) electrons. The summed E-state index contributed by atoms with van der Waals surface area (Å²) in [5.41, 5.74) is 2.30. The number of aryl methyl sites for hydroxylation is 2. The molecule has 9 heteroatoms. The van der Waals surface area contributed by atoms with Crippen LogP contribution < -0.4 is 20.7 Å². The summed E-state index contributed by atoms with van der Waals surface area (Å²) in [4.78, 5) is 42.1. The van der Waals surface area contributed by atoms with Gasteiger partial charge in [-0.15, -0.1) is 0 Å². The molecule has 1 fully saturated rings. The Hall–Kier alpha value is -3.46. The van der Waals surface area contributed by atoms with E-state index in [0.717, 1.165) is 37.0 Å². The number of likely N-dealkylation sites (N-methyl/N-ethyl adjacent to an activating group) is 1. The van der Waals surface area contributed by atoms with Gasteiger partial charge in [-0.2, -0.15) is 0 Å². The standard InChI is InChI=1S/C21H30N4O4.C6H7N/c1-25-14-19(27)24-13-18(26)22-10-4-6-15-5-2-3-7-17(15)29-12-11-23-20(21(25)28)16-8-9-16;1-6-3-2-4-7-5-6/h2-3,5,7,16,20,23H,4,6,8-14H2,1H3,(H,22,26)(H,24,27);2-5H,1H3. The van der Waals surface area contributed by atoms with Crippen molar-refractivity contribution in [1.29, 1.82) is 0 Å². The molecule has 194 valence electrons.